The molecular formula is C18H17ClF4N2O. The molecule has 26 heavy (non-hydrogen) atoms. The molecule has 140 valence electrons. The lowest BCUT2D eigenvalue weighted by Gasteiger charge is -2.21. The van der Waals surface area contributed by atoms with Crippen LogP contribution in [0.4, 0.5) is 23.2 Å². The van der Waals surface area contributed by atoms with Gasteiger partial charge in [-0.1, -0.05) is 29.8 Å². The van der Waals surface area contributed by atoms with E-state index >= 15 is 0 Å². The summed E-state index contributed by atoms with van der Waals surface area (Å²) in [6.07, 6.45) is -4.66. The Balaban J connectivity index is 2.12. The van der Waals surface area contributed by atoms with E-state index in [0.717, 1.165) is 12.1 Å². The van der Waals surface area contributed by atoms with Gasteiger partial charge < -0.3 is 5.32 Å². The highest BCUT2D eigenvalue weighted by molar-refractivity contribution is 6.30. The number of carbonyl (C=O) groups is 1. The smallest absolute Gasteiger partial charge is 0.324 e. The predicted octanol–water partition coefficient (Wildman–Crippen LogP) is 5.18. The van der Waals surface area contributed by atoms with Gasteiger partial charge in [0.15, 0.2) is 0 Å². The molecule has 2 aromatic rings. The number of carbonyl (C=O) groups excluding carboxylic acids is 1. The van der Waals surface area contributed by atoms with Gasteiger partial charge in [-0.25, -0.2) is 4.39 Å². The van der Waals surface area contributed by atoms with Gasteiger partial charge in [0.1, 0.15) is 5.82 Å². The third kappa shape index (κ3) is 4.95. The molecule has 0 aliphatic heterocycles. The minimum atomic E-state index is -4.66. The fraction of sp³-hybridized carbons (Fsp3) is 0.278. The van der Waals surface area contributed by atoms with E-state index in [1.54, 1.807) is 25.1 Å². The third-order valence-electron chi connectivity index (χ3n) is 3.81. The van der Waals surface area contributed by atoms with E-state index in [2.05, 4.69) is 10.6 Å². The molecule has 0 aliphatic carbocycles. The number of benzene rings is 2. The van der Waals surface area contributed by atoms with Gasteiger partial charge in [0, 0.05) is 16.6 Å². The summed E-state index contributed by atoms with van der Waals surface area (Å²) in [4.78, 5) is 12.3. The number of alkyl halides is 3. The first-order chi connectivity index (χ1) is 12.1. The van der Waals surface area contributed by atoms with Crippen molar-refractivity contribution in [1.29, 1.82) is 0 Å². The highest BCUT2D eigenvalue weighted by atomic mass is 35.5. The van der Waals surface area contributed by atoms with E-state index in [4.69, 9.17) is 11.6 Å². The van der Waals surface area contributed by atoms with Gasteiger partial charge >= 0.3 is 6.18 Å². The van der Waals surface area contributed by atoms with Crippen LogP contribution in [0.3, 0.4) is 0 Å². The Morgan fingerprint density at radius 2 is 1.77 bits per heavy atom. The van der Waals surface area contributed by atoms with Crippen molar-refractivity contribution in [2.24, 2.45) is 0 Å². The topological polar surface area (TPSA) is 41.1 Å². The lowest BCUT2D eigenvalue weighted by Crippen LogP contribution is -2.40. The summed E-state index contributed by atoms with van der Waals surface area (Å²) in [6.45, 7) is 3.14. The number of halogens is 5. The molecule has 0 aromatic heterocycles. The zero-order chi connectivity index (χ0) is 19.5. The van der Waals surface area contributed by atoms with Crippen LogP contribution in [0, 0.1) is 5.82 Å². The molecule has 8 heteroatoms. The Labute approximate surface area is 153 Å². The molecule has 0 spiro atoms. The summed E-state index contributed by atoms with van der Waals surface area (Å²) in [6, 6.07) is 7.79. The van der Waals surface area contributed by atoms with Gasteiger partial charge in [0.2, 0.25) is 5.91 Å². The van der Waals surface area contributed by atoms with Crippen molar-refractivity contribution < 1.29 is 22.4 Å². The van der Waals surface area contributed by atoms with Crippen molar-refractivity contribution in [1.82, 2.24) is 5.32 Å². The molecule has 0 unspecified atom stereocenters. The van der Waals surface area contributed by atoms with Crippen LogP contribution in [0.5, 0.6) is 0 Å². The largest absolute Gasteiger partial charge is 0.418 e. The molecule has 0 saturated carbocycles. The maximum Gasteiger partial charge on any atom is 0.418 e. The molecule has 1 amide bonds. The van der Waals surface area contributed by atoms with Crippen LogP contribution < -0.4 is 10.6 Å². The first-order valence-electron chi connectivity index (χ1n) is 7.77. The van der Waals surface area contributed by atoms with Crippen molar-refractivity contribution in [2.45, 2.75) is 32.1 Å². The molecule has 2 rings (SSSR count). The van der Waals surface area contributed by atoms with Crippen molar-refractivity contribution in [3.8, 4) is 0 Å². The number of anilines is 1. The summed E-state index contributed by atoms with van der Waals surface area (Å²) < 4.78 is 53.0. The molecular weight excluding hydrogens is 372 g/mol. The Hall–Kier alpha value is -2.12. The lowest BCUT2D eigenvalue weighted by atomic mass is 10.1. The lowest BCUT2D eigenvalue weighted by molar-refractivity contribution is -0.137. The predicted molar refractivity (Wildman–Crippen MR) is 92.5 cm³/mol. The molecule has 0 bridgehead atoms. The van der Waals surface area contributed by atoms with E-state index in [1.807, 2.05) is 0 Å². The second-order valence-electron chi connectivity index (χ2n) is 5.81. The van der Waals surface area contributed by atoms with Crippen molar-refractivity contribution in [3.63, 3.8) is 0 Å². The van der Waals surface area contributed by atoms with Gasteiger partial charge in [-0.3, -0.25) is 10.1 Å². The van der Waals surface area contributed by atoms with E-state index in [-0.39, 0.29) is 10.7 Å². The summed E-state index contributed by atoms with van der Waals surface area (Å²) >= 11 is 5.61. The molecule has 0 heterocycles. The van der Waals surface area contributed by atoms with E-state index in [9.17, 15) is 22.4 Å². The maximum absolute atomic E-state index is 13.8. The van der Waals surface area contributed by atoms with Crippen LogP contribution in [0.25, 0.3) is 0 Å². The fourth-order valence-electron chi connectivity index (χ4n) is 2.47. The Bertz CT molecular complexity index is 795. The average Bonchev–Trinajstić information content (AvgIpc) is 2.55. The second-order valence-corrected chi connectivity index (χ2v) is 6.24. The molecule has 2 aromatic carbocycles. The van der Waals surface area contributed by atoms with Crippen molar-refractivity contribution in [2.75, 3.05) is 5.32 Å². The van der Waals surface area contributed by atoms with E-state index in [1.165, 1.54) is 19.1 Å². The fourth-order valence-corrected chi connectivity index (χ4v) is 2.64. The van der Waals surface area contributed by atoms with Gasteiger partial charge in [0.05, 0.1) is 17.3 Å². The maximum atomic E-state index is 13.8. The number of hydrogen-bond donors (Lipinski definition) is 2. The first-order valence-corrected chi connectivity index (χ1v) is 8.15. The Morgan fingerprint density at radius 1 is 1.12 bits per heavy atom. The van der Waals surface area contributed by atoms with Gasteiger partial charge in [-0.2, -0.15) is 13.2 Å². The molecule has 2 N–H and O–H groups in total. The average molecular weight is 389 g/mol. The van der Waals surface area contributed by atoms with Crippen LogP contribution in [0.1, 0.15) is 31.0 Å². The van der Waals surface area contributed by atoms with Crippen molar-refractivity contribution in [3.05, 3.63) is 64.4 Å². The van der Waals surface area contributed by atoms with Gasteiger partial charge in [-0.05, 0) is 38.1 Å². The summed E-state index contributed by atoms with van der Waals surface area (Å²) in [7, 11) is 0. The molecule has 2 atom stereocenters. The van der Waals surface area contributed by atoms with Crippen LogP contribution in [-0.4, -0.2) is 11.9 Å². The molecule has 0 aliphatic rings. The zero-order valence-electron chi connectivity index (χ0n) is 14.0. The van der Waals surface area contributed by atoms with Crippen LogP contribution in [0.2, 0.25) is 5.02 Å². The number of amides is 1. The highest BCUT2D eigenvalue weighted by Crippen LogP contribution is 2.36. The quantitative estimate of drug-likeness (QED) is 0.693. The van der Waals surface area contributed by atoms with Gasteiger partial charge in [0.25, 0.3) is 0 Å². The normalized spacial score (nSPS) is 14.0. The van der Waals surface area contributed by atoms with Gasteiger partial charge in [-0.15, -0.1) is 0 Å². The Morgan fingerprint density at radius 3 is 2.38 bits per heavy atom. The third-order valence-corrected chi connectivity index (χ3v) is 4.04. The van der Waals surface area contributed by atoms with E-state index in [0.29, 0.717) is 5.56 Å². The zero-order valence-corrected chi connectivity index (χ0v) is 14.8. The standard InChI is InChI=1S/C18H17ClF4N2O/c1-10(13-5-3-4-6-15(13)20)24-11(2)17(26)25-16-8-7-12(19)9-14(16)18(21,22)23/h3-11,24H,1-2H3,(H,25,26)/t10-,11-/m0/s1. The molecule has 0 saturated heterocycles. The molecule has 0 fully saturated rings. The van der Waals surface area contributed by atoms with Crippen LogP contribution >= 0.6 is 11.6 Å². The SMILES string of the molecule is C[C@H](N[C@@H](C)c1ccccc1F)C(=O)Nc1ccc(Cl)cc1C(F)(F)F. The first kappa shape index (κ1) is 20.2. The minimum absolute atomic E-state index is 0.0883. The summed E-state index contributed by atoms with van der Waals surface area (Å²) in [5, 5.41) is 5.02. The monoisotopic (exact) mass is 388 g/mol. The molecule has 3 nitrogen and oxygen atoms in total. The summed E-state index contributed by atoms with van der Waals surface area (Å²) in [5.74, 6) is -1.11. The van der Waals surface area contributed by atoms with Crippen LogP contribution in [-0.2, 0) is 11.0 Å². The minimum Gasteiger partial charge on any atom is -0.324 e. The van der Waals surface area contributed by atoms with Crippen molar-refractivity contribution >= 4 is 23.2 Å². The highest BCUT2D eigenvalue weighted by Gasteiger charge is 2.34. The Kier molecular flexibility index (Phi) is 6.26. The second kappa shape index (κ2) is 8.05. The van der Waals surface area contributed by atoms with Crippen LogP contribution in [0.15, 0.2) is 42.5 Å². The molecule has 0 radical (unpaired) electrons. The summed E-state index contributed by atoms with van der Waals surface area (Å²) in [5.41, 5.74) is -1.07. The number of hydrogen-bond acceptors (Lipinski definition) is 2. The number of nitrogens with one attached hydrogen (secondary N) is 2. The van der Waals surface area contributed by atoms with E-state index < -0.39 is 35.5 Å². The number of rotatable bonds is 5.